The maximum absolute atomic E-state index is 5.73. The van der Waals surface area contributed by atoms with E-state index in [2.05, 4.69) is 55.9 Å². The average molecular weight is 314 g/mol. The highest BCUT2D eigenvalue weighted by molar-refractivity contribution is 5.46. The highest BCUT2D eigenvalue weighted by Crippen LogP contribution is 2.22. The Bertz CT molecular complexity index is 642. The molecule has 1 atom stereocenters. The summed E-state index contributed by atoms with van der Waals surface area (Å²) < 4.78 is 5.08. The van der Waals surface area contributed by atoms with Crippen molar-refractivity contribution >= 4 is 11.6 Å². The van der Waals surface area contributed by atoms with Gasteiger partial charge in [-0.25, -0.2) is 0 Å². The molecule has 0 spiro atoms. The van der Waals surface area contributed by atoms with Crippen molar-refractivity contribution in [2.75, 3.05) is 43.9 Å². The predicted molar refractivity (Wildman–Crippen MR) is 89.4 cm³/mol. The lowest BCUT2D eigenvalue weighted by Gasteiger charge is -2.38. The van der Waals surface area contributed by atoms with Crippen molar-refractivity contribution in [2.45, 2.75) is 13.0 Å². The molecule has 2 aromatic rings. The summed E-state index contributed by atoms with van der Waals surface area (Å²) in [7, 11) is 1.53. The van der Waals surface area contributed by atoms with Crippen molar-refractivity contribution in [3.8, 4) is 6.01 Å². The molecule has 0 bridgehead atoms. The average Bonchev–Trinajstić information content (AvgIpc) is 2.61. The molecule has 1 aliphatic rings. The molecule has 1 aromatic carbocycles. The van der Waals surface area contributed by atoms with Crippen molar-refractivity contribution in [1.82, 2.24) is 19.9 Å². The maximum atomic E-state index is 5.73. The molecular weight excluding hydrogens is 292 g/mol. The van der Waals surface area contributed by atoms with Crippen LogP contribution in [0.2, 0.25) is 0 Å². The number of methoxy groups -OCH3 is 1. The third-order valence-corrected chi connectivity index (χ3v) is 4.19. The van der Waals surface area contributed by atoms with Crippen LogP contribution >= 0.6 is 0 Å². The van der Waals surface area contributed by atoms with E-state index in [0.29, 0.717) is 5.82 Å². The second kappa shape index (κ2) is 6.78. The minimum Gasteiger partial charge on any atom is -0.467 e. The van der Waals surface area contributed by atoms with Gasteiger partial charge in [-0.05, 0) is 19.1 Å². The van der Waals surface area contributed by atoms with Crippen LogP contribution in [0.5, 0.6) is 6.01 Å². The molecule has 0 aliphatic carbocycles. The molecule has 122 valence electrons. The molecule has 0 amide bonds. The Morgan fingerprint density at radius 3 is 2.39 bits per heavy atom. The van der Waals surface area contributed by atoms with E-state index in [1.54, 1.807) is 0 Å². The maximum Gasteiger partial charge on any atom is 0.321 e. The Morgan fingerprint density at radius 2 is 1.74 bits per heavy atom. The Balaban J connectivity index is 1.66. The van der Waals surface area contributed by atoms with Crippen LogP contribution in [0.1, 0.15) is 18.8 Å². The second-order valence-electron chi connectivity index (χ2n) is 5.57. The van der Waals surface area contributed by atoms with E-state index in [9.17, 15) is 0 Å². The monoisotopic (exact) mass is 314 g/mol. The van der Waals surface area contributed by atoms with Gasteiger partial charge in [0.15, 0.2) is 5.82 Å². The molecule has 1 aliphatic heterocycles. The third kappa shape index (κ3) is 3.50. The summed E-state index contributed by atoms with van der Waals surface area (Å²) in [6.45, 7) is 5.94. The van der Waals surface area contributed by atoms with Gasteiger partial charge < -0.3 is 15.4 Å². The summed E-state index contributed by atoms with van der Waals surface area (Å²) in [5.41, 5.74) is 7.00. The molecule has 1 saturated heterocycles. The number of aromatic nitrogens is 3. The molecule has 0 radical (unpaired) electrons. The quantitative estimate of drug-likeness (QED) is 0.912. The highest BCUT2D eigenvalue weighted by Gasteiger charge is 2.24. The molecular formula is C16H22N6O. The van der Waals surface area contributed by atoms with Gasteiger partial charge in [-0.1, -0.05) is 18.2 Å². The van der Waals surface area contributed by atoms with Gasteiger partial charge in [-0.15, -0.1) is 0 Å². The number of nitrogens with two attached hydrogens (primary N) is 1. The first kappa shape index (κ1) is 15.5. The van der Waals surface area contributed by atoms with Crippen LogP contribution in [0.15, 0.2) is 30.3 Å². The van der Waals surface area contributed by atoms with Gasteiger partial charge in [0.2, 0.25) is 5.95 Å². The zero-order valence-corrected chi connectivity index (χ0v) is 13.5. The van der Waals surface area contributed by atoms with E-state index < -0.39 is 0 Å². The first-order valence-corrected chi connectivity index (χ1v) is 7.77. The largest absolute Gasteiger partial charge is 0.467 e. The standard InChI is InChI=1S/C16H22N6O/c1-12(14-18-15(17)20-16(19-14)23-2)21-8-10-22(11-9-21)13-6-4-3-5-7-13/h3-7,12H,8-11H2,1-2H3,(H2,17,18,19,20). The topological polar surface area (TPSA) is 80.4 Å². The number of nitrogens with zero attached hydrogens (tertiary/aromatic N) is 5. The van der Waals surface area contributed by atoms with Crippen LogP contribution in [0.4, 0.5) is 11.6 Å². The van der Waals surface area contributed by atoms with Gasteiger partial charge in [0.05, 0.1) is 13.2 Å². The molecule has 7 nitrogen and oxygen atoms in total. The second-order valence-corrected chi connectivity index (χ2v) is 5.57. The van der Waals surface area contributed by atoms with Crippen LogP contribution in [0.3, 0.4) is 0 Å². The van der Waals surface area contributed by atoms with E-state index in [1.165, 1.54) is 12.8 Å². The first-order valence-electron chi connectivity index (χ1n) is 7.77. The molecule has 2 heterocycles. The molecule has 2 N–H and O–H groups in total. The van der Waals surface area contributed by atoms with E-state index in [-0.39, 0.29) is 18.0 Å². The number of hydrogen-bond acceptors (Lipinski definition) is 7. The van der Waals surface area contributed by atoms with Crippen molar-refractivity contribution in [1.29, 1.82) is 0 Å². The van der Waals surface area contributed by atoms with Gasteiger partial charge >= 0.3 is 6.01 Å². The lowest BCUT2D eigenvalue weighted by atomic mass is 10.2. The molecule has 1 fully saturated rings. The summed E-state index contributed by atoms with van der Waals surface area (Å²) in [4.78, 5) is 17.3. The third-order valence-electron chi connectivity index (χ3n) is 4.19. The van der Waals surface area contributed by atoms with E-state index in [0.717, 1.165) is 26.2 Å². The number of hydrogen-bond donors (Lipinski definition) is 1. The smallest absolute Gasteiger partial charge is 0.321 e. The van der Waals surface area contributed by atoms with Gasteiger partial charge in [0, 0.05) is 31.9 Å². The Hall–Kier alpha value is -2.41. The van der Waals surface area contributed by atoms with Gasteiger partial charge in [-0.3, -0.25) is 4.90 Å². The fourth-order valence-corrected chi connectivity index (χ4v) is 2.84. The summed E-state index contributed by atoms with van der Waals surface area (Å²) in [6, 6.07) is 10.8. The number of piperazine rings is 1. The number of nitrogen functional groups attached to an aromatic ring is 1. The number of rotatable bonds is 4. The zero-order chi connectivity index (χ0) is 16.2. The first-order chi connectivity index (χ1) is 11.2. The van der Waals surface area contributed by atoms with E-state index >= 15 is 0 Å². The molecule has 23 heavy (non-hydrogen) atoms. The van der Waals surface area contributed by atoms with Crippen LogP contribution < -0.4 is 15.4 Å². The number of anilines is 2. The normalized spacial score (nSPS) is 17.0. The molecule has 7 heteroatoms. The fraction of sp³-hybridized carbons (Fsp3) is 0.438. The van der Waals surface area contributed by atoms with Crippen molar-refractivity contribution in [3.05, 3.63) is 36.2 Å². The van der Waals surface area contributed by atoms with Crippen LogP contribution in [0.25, 0.3) is 0 Å². The van der Waals surface area contributed by atoms with Gasteiger partial charge in [0.25, 0.3) is 0 Å². The minimum absolute atomic E-state index is 0.0760. The van der Waals surface area contributed by atoms with Crippen LogP contribution in [-0.2, 0) is 0 Å². The molecule has 1 unspecified atom stereocenters. The number of ether oxygens (including phenoxy) is 1. The van der Waals surface area contributed by atoms with Crippen LogP contribution in [-0.4, -0.2) is 53.1 Å². The lowest BCUT2D eigenvalue weighted by molar-refractivity contribution is 0.190. The zero-order valence-electron chi connectivity index (χ0n) is 13.5. The summed E-state index contributed by atoms with van der Waals surface area (Å²) >= 11 is 0. The summed E-state index contributed by atoms with van der Waals surface area (Å²) in [5.74, 6) is 0.851. The minimum atomic E-state index is 0.0760. The van der Waals surface area contributed by atoms with Gasteiger partial charge in [0.1, 0.15) is 0 Å². The Morgan fingerprint density at radius 1 is 1.04 bits per heavy atom. The summed E-state index contributed by atoms with van der Waals surface area (Å²) in [6.07, 6.45) is 0. The van der Waals surface area contributed by atoms with E-state index in [1.807, 2.05) is 6.07 Å². The van der Waals surface area contributed by atoms with Crippen molar-refractivity contribution in [2.24, 2.45) is 0 Å². The molecule has 1 aromatic heterocycles. The Labute approximate surface area is 136 Å². The summed E-state index contributed by atoms with van der Waals surface area (Å²) in [5, 5.41) is 0. The lowest BCUT2D eigenvalue weighted by Crippen LogP contribution is -2.47. The SMILES string of the molecule is COc1nc(N)nc(C(C)N2CCN(c3ccccc3)CC2)n1. The fourth-order valence-electron chi connectivity index (χ4n) is 2.84. The predicted octanol–water partition coefficient (Wildman–Crippen LogP) is 1.35. The Kier molecular flexibility index (Phi) is 4.57. The molecule has 0 saturated carbocycles. The number of benzene rings is 1. The molecule has 3 rings (SSSR count). The van der Waals surface area contributed by atoms with Crippen molar-refractivity contribution < 1.29 is 4.74 Å². The highest BCUT2D eigenvalue weighted by atomic mass is 16.5. The van der Waals surface area contributed by atoms with Gasteiger partial charge in [-0.2, -0.15) is 15.0 Å². The van der Waals surface area contributed by atoms with Crippen molar-refractivity contribution in [3.63, 3.8) is 0 Å². The number of para-hydroxylation sites is 1. The van der Waals surface area contributed by atoms with E-state index in [4.69, 9.17) is 10.5 Å². The van der Waals surface area contributed by atoms with Crippen LogP contribution in [0, 0.1) is 0 Å².